The molecule has 44 heavy (non-hydrogen) atoms. The number of pyridine rings is 1. The standard InChI is InChI=1S/C36H35ClN2O4S/c1-3-32(36(40)41)42-18-17-30-29-19-23(2)44-35-33(43-22-28-14-11-26(20-38-28)25-7-5-4-6-8-25)16-15-31(34(29)35)39(30)21-24-9-12-27(37)13-10-24/h4-16,20,23,32H,3,17-19,21-22H2,1-2H3,(H,40,41). The fraction of sp³-hybridized carbons (Fsp3) is 0.278. The van der Waals surface area contributed by atoms with Crippen LogP contribution < -0.4 is 4.74 Å². The molecule has 1 aliphatic heterocycles. The van der Waals surface area contributed by atoms with E-state index in [1.54, 1.807) is 0 Å². The highest BCUT2D eigenvalue weighted by Gasteiger charge is 2.29. The van der Waals surface area contributed by atoms with Crippen molar-refractivity contribution < 1.29 is 19.4 Å². The molecule has 6 rings (SSSR count). The number of ether oxygens (including phenoxy) is 2. The van der Waals surface area contributed by atoms with Crippen molar-refractivity contribution in [3.05, 3.63) is 113 Å². The summed E-state index contributed by atoms with van der Waals surface area (Å²) in [5, 5.41) is 11.8. The number of thioether (sulfide) groups is 1. The van der Waals surface area contributed by atoms with Gasteiger partial charge in [-0.25, -0.2) is 4.79 Å². The summed E-state index contributed by atoms with van der Waals surface area (Å²) in [6.07, 6.45) is 3.05. The van der Waals surface area contributed by atoms with Crippen LogP contribution in [0.4, 0.5) is 0 Å². The molecule has 0 aliphatic carbocycles. The topological polar surface area (TPSA) is 73.6 Å². The van der Waals surface area contributed by atoms with Crippen molar-refractivity contribution in [3.8, 4) is 16.9 Å². The van der Waals surface area contributed by atoms with Crippen LogP contribution in [0, 0.1) is 0 Å². The monoisotopic (exact) mass is 626 g/mol. The molecule has 1 N–H and O–H groups in total. The fourth-order valence-electron chi connectivity index (χ4n) is 5.87. The van der Waals surface area contributed by atoms with Crippen LogP contribution >= 0.6 is 23.4 Å². The molecule has 0 radical (unpaired) electrons. The molecule has 3 aromatic carbocycles. The summed E-state index contributed by atoms with van der Waals surface area (Å²) in [7, 11) is 0. The van der Waals surface area contributed by atoms with Gasteiger partial charge in [-0.2, -0.15) is 0 Å². The average Bonchev–Trinajstić information content (AvgIpc) is 3.32. The van der Waals surface area contributed by atoms with E-state index < -0.39 is 12.1 Å². The molecule has 0 spiro atoms. The summed E-state index contributed by atoms with van der Waals surface area (Å²) >= 11 is 8.03. The van der Waals surface area contributed by atoms with Crippen LogP contribution in [-0.4, -0.2) is 38.6 Å². The van der Waals surface area contributed by atoms with E-state index in [2.05, 4.69) is 58.9 Å². The molecular formula is C36H35ClN2O4S. The maximum atomic E-state index is 11.6. The number of nitrogens with zero attached hydrogens (tertiary/aromatic N) is 2. The fourth-order valence-corrected chi connectivity index (χ4v) is 7.23. The van der Waals surface area contributed by atoms with E-state index in [1.807, 2.05) is 61.3 Å². The second kappa shape index (κ2) is 13.5. The Bertz CT molecular complexity index is 1750. The van der Waals surface area contributed by atoms with Gasteiger partial charge in [0.2, 0.25) is 0 Å². The lowest BCUT2D eigenvalue weighted by Gasteiger charge is -2.22. The first kappa shape index (κ1) is 30.3. The van der Waals surface area contributed by atoms with E-state index in [0.29, 0.717) is 42.9 Å². The van der Waals surface area contributed by atoms with Gasteiger partial charge in [-0.15, -0.1) is 11.8 Å². The van der Waals surface area contributed by atoms with Gasteiger partial charge in [-0.1, -0.05) is 74.0 Å². The highest BCUT2D eigenvalue weighted by atomic mass is 35.5. The molecule has 0 amide bonds. The molecule has 2 aromatic heterocycles. The minimum absolute atomic E-state index is 0.333. The Hall–Kier alpha value is -3.78. The Labute approximate surface area is 267 Å². The summed E-state index contributed by atoms with van der Waals surface area (Å²) in [6.45, 7) is 5.46. The molecule has 2 unspecified atom stereocenters. The van der Waals surface area contributed by atoms with Crippen molar-refractivity contribution in [1.82, 2.24) is 9.55 Å². The van der Waals surface area contributed by atoms with Gasteiger partial charge in [-0.3, -0.25) is 4.98 Å². The van der Waals surface area contributed by atoms with Gasteiger partial charge in [0.1, 0.15) is 12.4 Å². The van der Waals surface area contributed by atoms with Crippen LogP contribution in [0.2, 0.25) is 5.02 Å². The Morgan fingerprint density at radius 2 is 1.86 bits per heavy atom. The number of carboxylic acid groups (broad SMARTS) is 1. The third-order valence-corrected chi connectivity index (χ3v) is 9.50. The number of carboxylic acids is 1. The summed E-state index contributed by atoms with van der Waals surface area (Å²) in [6, 6.07) is 26.5. The maximum absolute atomic E-state index is 11.6. The zero-order valence-corrected chi connectivity index (χ0v) is 26.4. The number of hydrogen-bond acceptors (Lipinski definition) is 5. The molecule has 6 nitrogen and oxygen atoms in total. The lowest BCUT2D eigenvalue weighted by molar-refractivity contribution is -0.150. The van der Waals surface area contributed by atoms with E-state index in [-0.39, 0.29) is 0 Å². The molecule has 1 aliphatic rings. The zero-order chi connectivity index (χ0) is 30.6. The molecule has 226 valence electrons. The Balaban J connectivity index is 1.32. The molecule has 0 fully saturated rings. The van der Waals surface area contributed by atoms with E-state index in [4.69, 9.17) is 21.1 Å². The maximum Gasteiger partial charge on any atom is 0.332 e. The lowest BCUT2D eigenvalue weighted by Crippen LogP contribution is -2.24. The molecule has 0 saturated carbocycles. The van der Waals surface area contributed by atoms with Crippen molar-refractivity contribution in [2.24, 2.45) is 0 Å². The largest absolute Gasteiger partial charge is 0.486 e. The number of aliphatic carboxylic acids is 1. The molecular weight excluding hydrogens is 592 g/mol. The van der Waals surface area contributed by atoms with Crippen LogP contribution in [0.1, 0.15) is 42.8 Å². The first-order valence-corrected chi connectivity index (χ1v) is 16.2. The third-order valence-electron chi connectivity index (χ3n) is 8.04. The van der Waals surface area contributed by atoms with Gasteiger partial charge in [0, 0.05) is 46.1 Å². The molecule has 8 heteroatoms. The number of hydrogen-bond donors (Lipinski definition) is 1. The molecule has 0 saturated heterocycles. The van der Waals surface area contributed by atoms with Crippen molar-refractivity contribution in [3.63, 3.8) is 0 Å². The molecule has 0 bridgehead atoms. The number of halogens is 1. The van der Waals surface area contributed by atoms with Crippen molar-refractivity contribution in [2.45, 2.75) is 62.5 Å². The van der Waals surface area contributed by atoms with E-state index in [1.165, 1.54) is 16.6 Å². The first-order chi connectivity index (χ1) is 21.4. The van der Waals surface area contributed by atoms with Crippen LogP contribution in [0.25, 0.3) is 22.0 Å². The van der Waals surface area contributed by atoms with Crippen molar-refractivity contribution in [2.75, 3.05) is 6.61 Å². The second-order valence-electron chi connectivity index (χ2n) is 11.1. The lowest BCUT2D eigenvalue weighted by atomic mass is 10.0. The minimum Gasteiger partial charge on any atom is -0.486 e. The van der Waals surface area contributed by atoms with Gasteiger partial charge in [0.25, 0.3) is 0 Å². The predicted octanol–water partition coefficient (Wildman–Crippen LogP) is 8.44. The van der Waals surface area contributed by atoms with Crippen LogP contribution in [-0.2, 0) is 35.5 Å². The highest BCUT2D eigenvalue weighted by molar-refractivity contribution is 8.00. The number of benzene rings is 3. The molecule has 2 atom stereocenters. The SMILES string of the molecule is CCC(OCCc1c2c3c(c(OCc4ccc(-c5ccccc5)cn4)ccc3n1Cc1ccc(Cl)cc1)SC(C)C2)C(=O)O. The number of carbonyl (C=O) groups is 1. The first-order valence-electron chi connectivity index (χ1n) is 15.0. The zero-order valence-electron chi connectivity index (χ0n) is 24.8. The minimum atomic E-state index is -0.922. The van der Waals surface area contributed by atoms with Gasteiger partial charge in [0.05, 0.1) is 22.7 Å². The van der Waals surface area contributed by atoms with Gasteiger partial charge < -0.3 is 19.1 Å². The van der Waals surface area contributed by atoms with Crippen molar-refractivity contribution >= 4 is 40.2 Å². The molecule has 3 heterocycles. The smallest absolute Gasteiger partial charge is 0.332 e. The average molecular weight is 627 g/mol. The normalized spacial score (nSPS) is 14.9. The van der Waals surface area contributed by atoms with Crippen LogP contribution in [0.15, 0.2) is 90.0 Å². The summed E-state index contributed by atoms with van der Waals surface area (Å²) in [5.74, 6) is -0.0681. The van der Waals surface area contributed by atoms with Crippen LogP contribution in [0.5, 0.6) is 5.75 Å². The van der Waals surface area contributed by atoms with Crippen molar-refractivity contribution in [1.29, 1.82) is 0 Å². The van der Waals surface area contributed by atoms with E-state index in [0.717, 1.165) is 45.0 Å². The van der Waals surface area contributed by atoms with Crippen LogP contribution in [0.3, 0.4) is 0 Å². The number of aromatic nitrogens is 2. The Morgan fingerprint density at radius 3 is 2.57 bits per heavy atom. The predicted molar refractivity (Wildman–Crippen MR) is 177 cm³/mol. The molecule has 5 aromatic rings. The van der Waals surface area contributed by atoms with E-state index in [9.17, 15) is 9.90 Å². The van der Waals surface area contributed by atoms with Gasteiger partial charge >= 0.3 is 5.97 Å². The Morgan fingerprint density at radius 1 is 1.07 bits per heavy atom. The third kappa shape index (κ3) is 6.50. The summed E-state index contributed by atoms with van der Waals surface area (Å²) in [5.41, 5.74) is 7.83. The Kier molecular flexibility index (Phi) is 9.26. The number of rotatable bonds is 12. The summed E-state index contributed by atoms with van der Waals surface area (Å²) in [4.78, 5) is 17.4. The quantitative estimate of drug-likeness (QED) is 0.150. The van der Waals surface area contributed by atoms with E-state index >= 15 is 0 Å². The van der Waals surface area contributed by atoms with Gasteiger partial charge in [0.15, 0.2) is 6.10 Å². The highest BCUT2D eigenvalue weighted by Crippen LogP contribution is 2.47. The van der Waals surface area contributed by atoms with Gasteiger partial charge in [-0.05, 0) is 59.9 Å². The second-order valence-corrected chi connectivity index (χ2v) is 13.0. The summed E-state index contributed by atoms with van der Waals surface area (Å²) < 4.78 is 14.6.